The molecule has 0 aliphatic heterocycles. The Labute approximate surface area is 117 Å². The summed E-state index contributed by atoms with van der Waals surface area (Å²) in [4.78, 5) is 5.76. The quantitative estimate of drug-likeness (QED) is 0.936. The topological polar surface area (TPSA) is 64.9 Å². The third-order valence-electron chi connectivity index (χ3n) is 3.84. The van der Waals surface area contributed by atoms with Crippen LogP contribution in [0.15, 0.2) is 22.0 Å². The third-order valence-corrected chi connectivity index (χ3v) is 4.72. The van der Waals surface area contributed by atoms with E-state index in [0.29, 0.717) is 11.8 Å². The van der Waals surface area contributed by atoms with Crippen molar-refractivity contribution in [2.45, 2.75) is 44.6 Å². The summed E-state index contributed by atoms with van der Waals surface area (Å²) in [5.74, 6) is 1.98. The van der Waals surface area contributed by atoms with Gasteiger partial charge in [0.1, 0.15) is 0 Å². The minimum atomic E-state index is -0.418. The van der Waals surface area contributed by atoms with E-state index in [0.717, 1.165) is 31.5 Å². The molecule has 2 N–H and O–H groups in total. The van der Waals surface area contributed by atoms with Crippen LogP contribution in [0.2, 0.25) is 0 Å². The van der Waals surface area contributed by atoms with Gasteiger partial charge in [-0.1, -0.05) is 31.0 Å². The molecule has 1 aliphatic rings. The smallest absolute Gasteiger partial charge is 0.246 e. The molecule has 4 nitrogen and oxygen atoms in total. The van der Waals surface area contributed by atoms with E-state index in [2.05, 4.69) is 28.5 Å². The van der Waals surface area contributed by atoms with Gasteiger partial charge in [-0.15, -0.1) is 11.3 Å². The number of nitrogens with two attached hydrogens (primary N) is 1. The van der Waals surface area contributed by atoms with Gasteiger partial charge in [-0.25, -0.2) is 0 Å². The molecule has 1 fully saturated rings. The first-order chi connectivity index (χ1) is 9.16. The van der Waals surface area contributed by atoms with Gasteiger partial charge in [0.2, 0.25) is 5.89 Å². The summed E-state index contributed by atoms with van der Waals surface area (Å²) < 4.78 is 5.42. The Morgan fingerprint density at radius 2 is 2.47 bits per heavy atom. The van der Waals surface area contributed by atoms with Gasteiger partial charge in [0.25, 0.3) is 0 Å². The highest BCUT2D eigenvalue weighted by Crippen LogP contribution is 2.37. The Morgan fingerprint density at radius 3 is 3.21 bits per heavy atom. The Balaban J connectivity index is 1.77. The van der Waals surface area contributed by atoms with Crippen LogP contribution >= 0.6 is 11.3 Å². The summed E-state index contributed by atoms with van der Waals surface area (Å²) in [6, 6.07) is 4.12. The molecule has 3 rings (SSSR count). The fraction of sp³-hybridized carbons (Fsp3) is 0.571. The average molecular weight is 277 g/mol. The molecule has 0 saturated heterocycles. The lowest BCUT2D eigenvalue weighted by Gasteiger charge is -2.33. The number of rotatable bonds is 3. The largest absolute Gasteiger partial charge is 0.337 e. The van der Waals surface area contributed by atoms with Crippen LogP contribution < -0.4 is 5.73 Å². The third kappa shape index (κ3) is 2.72. The molecule has 2 heterocycles. The first-order valence-electron chi connectivity index (χ1n) is 6.80. The molecule has 0 radical (unpaired) electrons. The number of thiophene rings is 1. The van der Waals surface area contributed by atoms with Crippen LogP contribution in [-0.2, 0) is 12.0 Å². The van der Waals surface area contributed by atoms with Gasteiger partial charge in [0.15, 0.2) is 5.82 Å². The maximum Gasteiger partial charge on any atom is 0.246 e. The van der Waals surface area contributed by atoms with Gasteiger partial charge in [-0.2, -0.15) is 4.98 Å². The fourth-order valence-electron chi connectivity index (χ4n) is 2.88. The van der Waals surface area contributed by atoms with Crippen LogP contribution in [0.25, 0.3) is 0 Å². The maximum absolute atomic E-state index is 6.46. The van der Waals surface area contributed by atoms with Gasteiger partial charge in [-0.3, -0.25) is 0 Å². The monoisotopic (exact) mass is 277 g/mol. The molecule has 2 aromatic rings. The van der Waals surface area contributed by atoms with Crippen molar-refractivity contribution in [3.05, 3.63) is 34.1 Å². The molecule has 0 bridgehead atoms. The van der Waals surface area contributed by atoms with Crippen LogP contribution in [0.1, 0.15) is 49.2 Å². The van der Waals surface area contributed by atoms with Crippen molar-refractivity contribution in [1.82, 2.24) is 10.1 Å². The summed E-state index contributed by atoms with van der Waals surface area (Å²) in [7, 11) is 0. The second-order valence-electron chi connectivity index (χ2n) is 5.63. The van der Waals surface area contributed by atoms with Crippen LogP contribution in [0.5, 0.6) is 0 Å². The summed E-state index contributed by atoms with van der Waals surface area (Å²) in [5, 5.41) is 6.14. The van der Waals surface area contributed by atoms with Gasteiger partial charge >= 0.3 is 0 Å². The summed E-state index contributed by atoms with van der Waals surface area (Å²) in [6.45, 7) is 2.24. The molecule has 2 aromatic heterocycles. The Morgan fingerprint density at radius 1 is 1.58 bits per heavy atom. The van der Waals surface area contributed by atoms with Crippen LogP contribution in [0.3, 0.4) is 0 Å². The molecule has 0 amide bonds. The van der Waals surface area contributed by atoms with E-state index in [-0.39, 0.29) is 0 Å². The molecule has 102 valence electrons. The zero-order valence-electron chi connectivity index (χ0n) is 11.1. The van der Waals surface area contributed by atoms with Crippen molar-refractivity contribution < 1.29 is 4.52 Å². The van der Waals surface area contributed by atoms with E-state index in [1.807, 2.05) is 6.07 Å². The maximum atomic E-state index is 6.46. The fourth-order valence-corrected chi connectivity index (χ4v) is 3.58. The van der Waals surface area contributed by atoms with Crippen molar-refractivity contribution in [1.29, 1.82) is 0 Å². The van der Waals surface area contributed by atoms with E-state index in [9.17, 15) is 0 Å². The SMILES string of the molecule is CC1CCCC(N)(c2nc(Cc3cccs3)no2)C1. The predicted molar refractivity (Wildman–Crippen MR) is 74.9 cm³/mol. The minimum Gasteiger partial charge on any atom is -0.337 e. The van der Waals surface area contributed by atoms with E-state index in [1.54, 1.807) is 11.3 Å². The molecule has 1 saturated carbocycles. The molecule has 0 spiro atoms. The minimum absolute atomic E-state index is 0.418. The van der Waals surface area contributed by atoms with Crippen LogP contribution in [-0.4, -0.2) is 10.1 Å². The number of nitrogens with zero attached hydrogens (tertiary/aromatic N) is 2. The Bertz CT molecular complexity index is 537. The van der Waals surface area contributed by atoms with Crippen molar-refractivity contribution in [2.75, 3.05) is 0 Å². The second-order valence-corrected chi connectivity index (χ2v) is 6.66. The molecule has 5 heteroatoms. The van der Waals surface area contributed by atoms with Gasteiger partial charge in [0, 0.05) is 11.3 Å². The summed E-state index contributed by atoms with van der Waals surface area (Å²) in [6.07, 6.45) is 4.99. The lowest BCUT2D eigenvalue weighted by atomic mass is 9.77. The zero-order chi connectivity index (χ0) is 13.3. The normalized spacial score (nSPS) is 27.6. The molecule has 1 aliphatic carbocycles. The number of aromatic nitrogens is 2. The van der Waals surface area contributed by atoms with Crippen molar-refractivity contribution in [3.8, 4) is 0 Å². The van der Waals surface area contributed by atoms with Crippen molar-refractivity contribution >= 4 is 11.3 Å². The zero-order valence-corrected chi connectivity index (χ0v) is 11.9. The first kappa shape index (κ1) is 12.8. The highest BCUT2D eigenvalue weighted by atomic mass is 32.1. The first-order valence-corrected chi connectivity index (χ1v) is 7.68. The van der Waals surface area contributed by atoms with Crippen molar-refractivity contribution in [3.63, 3.8) is 0 Å². The molecular formula is C14H19N3OS. The van der Waals surface area contributed by atoms with Gasteiger partial charge < -0.3 is 10.3 Å². The Hall–Kier alpha value is -1.20. The summed E-state index contributed by atoms with van der Waals surface area (Å²) in [5.41, 5.74) is 6.05. The van der Waals surface area contributed by atoms with E-state index >= 15 is 0 Å². The Kier molecular flexibility index (Phi) is 3.41. The standard InChI is InChI=1S/C14H19N3OS/c1-10-4-2-6-14(15,9-10)13-16-12(17-18-13)8-11-5-3-7-19-11/h3,5,7,10H,2,4,6,8-9,15H2,1H3. The molecule has 2 atom stereocenters. The lowest BCUT2D eigenvalue weighted by molar-refractivity contribution is 0.183. The lowest BCUT2D eigenvalue weighted by Crippen LogP contribution is -2.41. The molecule has 0 aromatic carbocycles. The van der Waals surface area contributed by atoms with Gasteiger partial charge in [0.05, 0.1) is 5.54 Å². The highest BCUT2D eigenvalue weighted by Gasteiger charge is 2.37. The van der Waals surface area contributed by atoms with E-state index < -0.39 is 5.54 Å². The predicted octanol–water partition coefficient (Wildman–Crippen LogP) is 3.09. The summed E-state index contributed by atoms with van der Waals surface area (Å²) >= 11 is 1.71. The number of hydrogen-bond acceptors (Lipinski definition) is 5. The van der Waals surface area contributed by atoms with E-state index in [1.165, 1.54) is 11.3 Å². The number of hydrogen-bond donors (Lipinski definition) is 1. The molecular weight excluding hydrogens is 258 g/mol. The van der Waals surface area contributed by atoms with Crippen LogP contribution in [0.4, 0.5) is 0 Å². The van der Waals surface area contributed by atoms with E-state index in [4.69, 9.17) is 10.3 Å². The van der Waals surface area contributed by atoms with Gasteiger partial charge in [-0.05, 0) is 30.2 Å². The van der Waals surface area contributed by atoms with Crippen molar-refractivity contribution in [2.24, 2.45) is 11.7 Å². The highest BCUT2D eigenvalue weighted by molar-refractivity contribution is 7.09. The second kappa shape index (κ2) is 5.06. The van der Waals surface area contributed by atoms with Crippen LogP contribution in [0, 0.1) is 5.92 Å². The molecule has 19 heavy (non-hydrogen) atoms. The average Bonchev–Trinajstić information content (AvgIpc) is 3.01. The molecule has 2 unspecified atom stereocenters.